The summed E-state index contributed by atoms with van der Waals surface area (Å²) in [7, 11) is 3.62. The molecule has 0 amide bonds. The topological polar surface area (TPSA) is 53.4 Å². The fourth-order valence-corrected chi connectivity index (χ4v) is 4.99. The van der Waals surface area contributed by atoms with Gasteiger partial charge in [0, 0.05) is 37.3 Å². The quantitative estimate of drug-likeness (QED) is 0.345. The van der Waals surface area contributed by atoms with Crippen LogP contribution in [0, 0.1) is 0 Å². The number of hydrogen-bond donors (Lipinski definition) is 1. The van der Waals surface area contributed by atoms with Gasteiger partial charge in [0.25, 0.3) is 0 Å². The third-order valence-corrected chi connectivity index (χ3v) is 6.35. The van der Waals surface area contributed by atoms with E-state index in [0.29, 0.717) is 30.5 Å². The molecule has 0 atom stereocenters. The van der Waals surface area contributed by atoms with Crippen LogP contribution in [0.3, 0.4) is 0 Å². The van der Waals surface area contributed by atoms with Crippen LogP contribution in [0.5, 0.6) is 0 Å². The summed E-state index contributed by atoms with van der Waals surface area (Å²) in [6.45, 7) is 1.13. The van der Waals surface area contributed by atoms with Crippen LogP contribution in [-0.2, 0) is 32.0 Å². The number of alkyl halides is 3. The molecule has 0 fully saturated rings. The van der Waals surface area contributed by atoms with E-state index in [1.54, 1.807) is 18.4 Å². The minimum Gasteiger partial charge on any atom is -0.356 e. The zero-order chi connectivity index (χ0) is 19.4. The van der Waals surface area contributed by atoms with Crippen molar-refractivity contribution in [3.63, 3.8) is 0 Å². The average molecular weight is 545 g/mol. The fourth-order valence-electron chi connectivity index (χ4n) is 2.97. The van der Waals surface area contributed by atoms with Crippen LogP contribution in [0.15, 0.2) is 10.4 Å². The molecule has 5 nitrogen and oxygen atoms in total. The lowest BCUT2D eigenvalue weighted by atomic mass is 10.0. The number of aromatic nitrogens is 2. The van der Waals surface area contributed by atoms with E-state index in [-0.39, 0.29) is 24.0 Å². The molecule has 0 aromatic carbocycles. The van der Waals surface area contributed by atoms with Crippen LogP contribution >= 0.6 is 46.7 Å². The highest BCUT2D eigenvalue weighted by Gasteiger charge is 2.33. The zero-order valence-electron chi connectivity index (χ0n) is 15.7. The van der Waals surface area contributed by atoms with Crippen molar-refractivity contribution in [2.45, 2.75) is 44.8 Å². The smallest absolute Gasteiger partial charge is 0.356 e. The van der Waals surface area contributed by atoms with E-state index in [4.69, 9.17) is 4.98 Å². The Morgan fingerprint density at radius 1 is 1.25 bits per heavy atom. The number of guanidine groups is 1. The second-order valence-corrected chi connectivity index (χ2v) is 8.50. The molecule has 28 heavy (non-hydrogen) atoms. The van der Waals surface area contributed by atoms with Gasteiger partial charge >= 0.3 is 6.18 Å². The molecule has 0 unspecified atom stereocenters. The molecule has 1 aliphatic rings. The molecule has 2 heterocycles. The van der Waals surface area contributed by atoms with Crippen LogP contribution in [0.25, 0.3) is 0 Å². The highest BCUT2D eigenvalue weighted by atomic mass is 127. The predicted molar refractivity (Wildman–Crippen MR) is 118 cm³/mol. The van der Waals surface area contributed by atoms with Crippen molar-refractivity contribution in [2.24, 2.45) is 4.99 Å². The van der Waals surface area contributed by atoms with Gasteiger partial charge in [-0.05, 0) is 25.7 Å². The van der Waals surface area contributed by atoms with Crippen LogP contribution in [0.2, 0.25) is 0 Å². The highest BCUT2D eigenvalue weighted by Crippen LogP contribution is 2.30. The molecule has 0 bridgehead atoms. The van der Waals surface area contributed by atoms with Crippen LogP contribution < -0.4 is 5.32 Å². The number of nitrogens with one attached hydrogen (secondary N) is 1. The molecule has 0 radical (unpaired) electrons. The monoisotopic (exact) mass is 545 g/mol. The van der Waals surface area contributed by atoms with E-state index in [2.05, 4.69) is 15.3 Å². The van der Waals surface area contributed by atoms with Crippen molar-refractivity contribution in [1.82, 2.24) is 20.2 Å². The Morgan fingerprint density at radius 3 is 2.64 bits per heavy atom. The second kappa shape index (κ2) is 10.2. The van der Waals surface area contributed by atoms with Gasteiger partial charge in [0.2, 0.25) is 0 Å². The van der Waals surface area contributed by atoms with Crippen molar-refractivity contribution >= 4 is 52.6 Å². The van der Waals surface area contributed by atoms with Crippen molar-refractivity contribution < 1.29 is 13.2 Å². The number of rotatable bonds is 5. The molecular formula is C17H23F3IN5S2. The highest BCUT2D eigenvalue weighted by molar-refractivity contribution is 14.0. The number of nitrogens with zero attached hydrogens (tertiary/aromatic N) is 4. The van der Waals surface area contributed by atoms with Gasteiger partial charge in [-0.15, -0.1) is 46.7 Å². The number of aryl methyl sites for hydroxylation is 2. The lowest BCUT2D eigenvalue weighted by Gasteiger charge is -2.20. The summed E-state index contributed by atoms with van der Waals surface area (Å²) in [6, 6.07) is 0. The minimum absolute atomic E-state index is 0. The molecule has 1 N–H and O–H groups in total. The van der Waals surface area contributed by atoms with Crippen LogP contribution in [0.1, 0.15) is 39.1 Å². The van der Waals surface area contributed by atoms with Gasteiger partial charge in [-0.1, -0.05) is 0 Å². The fraction of sp³-hybridized carbons (Fsp3) is 0.588. The predicted octanol–water partition coefficient (Wildman–Crippen LogP) is 4.37. The van der Waals surface area contributed by atoms with Crippen molar-refractivity contribution in [3.8, 4) is 0 Å². The number of hydrogen-bond acceptors (Lipinski definition) is 5. The van der Waals surface area contributed by atoms with Gasteiger partial charge in [0.05, 0.1) is 17.2 Å². The molecule has 156 valence electrons. The molecule has 0 spiro atoms. The van der Waals surface area contributed by atoms with Gasteiger partial charge in [-0.2, -0.15) is 13.2 Å². The summed E-state index contributed by atoms with van der Waals surface area (Å²) < 4.78 is 37.8. The Kier molecular flexibility index (Phi) is 8.49. The Hall–Kier alpha value is -0.950. The SMILES string of the molecule is CN=C(NCCc1nc(C(F)(F)F)cs1)N(C)Cc1nc2c(s1)CCCC2.I. The Bertz CT molecular complexity index is 780. The van der Waals surface area contributed by atoms with E-state index in [1.807, 2.05) is 11.9 Å². The third kappa shape index (κ3) is 6.02. The standard InChI is InChI=1S/C17H22F3N5S2.HI/c1-21-16(22-8-7-14-24-13(10-26-14)17(18,19)20)25(2)9-15-23-11-5-3-4-6-12(11)27-15;/h10H,3-9H2,1-2H3,(H,21,22);1H. The summed E-state index contributed by atoms with van der Waals surface area (Å²) in [6.07, 6.45) is 0.667. The van der Waals surface area contributed by atoms with E-state index in [1.165, 1.54) is 23.4 Å². The maximum absolute atomic E-state index is 12.6. The molecule has 0 saturated heterocycles. The maximum atomic E-state index is 12.6. The Labute approximate surface area is 187 Å². The molecule has 2 aromatic heterocycles. The molecule has 11 heteroatoms. The Balaban J connectivity index is 0.00000280. The molecule has 0 saturated carbocycles. The van der Waals surface area contributed by atoms with Gasteiger partial charge in [0.1, 0.15) is 5.01 Å². The number of thiazole rings is 2. The molecule has 3 rings (SSSR count). The van der Waals surface area contributed by atoms with Gasteiger partial charge < -0.3 is 10.2 Å². The first-order chi connectivity index (χ1) is 12.9. The van der Waals surface area contributed by atoms with E-state index < -0.39 is 11.9 Å². The molecule has 1 aliphatic carbocycles. The largest absolute Gasteiger partial charge is 0.434 e. The van der Waals surface area contributed by atoms with E-state index >= 15 is 0 Å². The number of aliphatic imine (C=N–C) groups is 1. The van der Waals surface area contributed by atoms with Crippen LogP contribution in [0.4, 0.5) is 13.2 Å². The van der Waals surface area contributed by atoms with Gasteiger partial charge in [-0.3, -0.25) is 4.99 Å². The summed E-state index contributed by atoms with van der Waals surface area (Å²) in [4.78, 5) is 16.0. The third-order valence-electron chi connectivity index (χ3n) is 4.30. The van der Waals surface area contributed by atoms with E-state index in [9.17, 15) is 13.2 Å². The average Bonchev–Trinajstić information content (AvgIpc) is 3.24. The first-order valence-corrected chi connectivity index (χ1v) is 10.5. The molecular weight excluding hydrogens is 522 g/mol. The summed E-state index contributed by atoms with van der Waals surface area (Å²) in [5.74, 6) is 0.691. The molecule has 0 aliphatic heterocycles. The second-order valence-electron chi connectivity index (χ2n) is 6.39. The summed E-state index contributed by atoms with van der Waals surface area (Å²) in [5.41, 5.74) is 0.415. The number of halogens is 4. The van der Waals surface area contributed by atoms with Crippen molar-refractivity contribution in [3.05, 3.63) is 31.7 Å². The first-order valence-electron chi connectivity index (χ1n) is 8.77. The number of fused-ring (bicyclic) bond motifs is 1. The van der Waals surface area contributed by atoms with Gasteiger partial charge in [-0.25, -0.2) is 9.97 Å². The lowest BCUT2D eigenvalue weighted by Crippen LogP contribution is -2.39. The van der Waals surface area contributed by atoms with Crippen molar-refractivity contribution in [2.75, 3.05) is 20.6 Å². The lowest BCUT2D eigenvalue weighted by molar-refractivity contribution is -0.140. The maximum Gasteiger partial charge on any atom is 0.434 e. The van der Waals surface area contributed by atoms with Crippen molar-refractivity contribution in [1.29, 1.82) is 0 Å². The zero-order valence-corrected chi connectivity index (χ0v) is 19.6. The Morgan fingerprint density at radius 2 is 2.00 bits per heavy atom. The van der Waals surface area contributed by atoms with E-state index in [0.717, 1.165) is 34.6 Å². The summed E-state index contributed by atoms with van der Waals surface area (Å²) in [5, 5.41) is 5.77. The summed E-state index contributed by atoms with van der Waals surface area (Å²) >= 11 is 2.80. The molecule has 2 aromatic rings. The van der Waals surface area contributed by atoms with Gasteiger partial charge in [0.15, 0.2) is 11.7 Å². The first kappa shape index (κ1) is 23.3. The minimum atomic E-state index is -4.38. The normalized spacial score (nSPS) is 14.4. The van der Waals surface area contributed by atoms with Crippen LogP contribution in [-0.4, -0.2) is 41.5 Å².